The highest BCUT2D eigenvalue weighted by molar-refractivity contribution is 6.33. The van der Waals surface area contributed by atoms with Gasteiger partial charge in [-0.1, -0.05) is 24.0 Å². The lowest BCUT2D eigenvalue weighted by Crippen LogP contribution is -2.09. The number of hydrogen-bond donors (Lipinski definition) is 0. The lowest BCUT2D eigenvalue weighted by atomic mass is 9.89. The van der Waals surface area contributed by atoms with E-state index in [9.17, 15) is 4.39 Å². The van der Waals surface area contributed by atoms with E-state index in [1.165, 1.54) is 11.5 Å². The molecule has 0 nitrogen and oxygen atoms in total. The molecule has 0 saturated carbocycles. The minimum Gasteiger partial charge on any atom is -0.207 e. The predicted molar refractivity (Wildman–Crippen MR) is 44.0 cm³/mol. The van der Waals surface area contributed by atoms with Crippen LogP contribution < -0.4 is 5.46 Å². The molecule has 0 aliphatic carbocycles. The quantitative estimate of drug-likeness (QED) is 0.497. The van der Waals surface area contributed by atoms with Crippen LogP contribution in [0, 0.1) is 5.82 Å². The zero-order valence-electron chi connectivity index (χ0n) is 6.32. The molecular formula is C8H10BF. The first-order chi connectivity index (χ1) is 4.74. The fraction of sp³-hybridized carbons (Fsp3) is 0.250. The monoisotopic (exact) mass is 136 g/mol. The molecule has 0 bridgehead atoms. The van der Waals surface area contributed by atoms with Crippen LogP contribution in [0.4, 0.5) is 4.39 Å². The largest absolute Gasteiger partial charge is 0.207 e. The summed E-state index contributed by atoms with van der Waals surface area (Å²) >= 11 is 0. The van der Waals surface area contributed by atoms with Crippen molar-refractivity contribution in [1.29, 1.82) is 0 Å². The van der Waals surface area contributed by atoms with Crippen molar-refractivity contribution in [3.8, 4) is 0 Å². The molecule has 0 saturated heterocycles. The lowest BCUT2D eigenvalue weighted by molar-refractivity contribution is 0.626. The smallest absolute Gasteiger partial charge is 0.139 e. The minimum atomic E-state index is -0.137. The second kappa shape index (κ2) is 2.87. The summed E-state index contributed by atoms with van der Waals surface area (Å²) in [6, 6.07) is 4.90. The minimum absolute atomic E-state index is 0.137. The van der Waals surface area contributed by atoms with E-state index in [1.807, 2.05) is 20.8 Å². The molecule has 1 aromatic rings. The molecule has 0 fully saturated rings. The molecular weight excluding hydrogens is 126 g/mol. The van der Waals surface area contributed by atoms with Crippen molar-refractivity contribution < 1.29 is 4.39 Å². The number of halogens is 1. The fourth-order valence-electron chi connectivity index (χ4n) is 1.02. The molecule has 0 unspecified atom stereocenters. The van der Waals surface area contributed by atoms with E-state index in [4.69, 9.17) is 0 Å². The predicted octanol–water partition coefficient (Wildman–Crippen LogP) is 0.647. The summed E-state index contributed by atoms with van der Waals surface area (Å²) in [7, 11) is 2.00. The van der Waals surface area contributed by atoms with Crippen LogP contribution in [0.3, 0.4) is 0 Å². The highest BCUT2D eigenvalue weighted by atomic mass is 19.1. The first-order valence-electron chi connectivity index (χ1n) is 3.49. The Morgan fingerprint density at radius 2 is 2.20 bits per heavy atom. The normalized spacial score (nSPS) is 9.80. The molecule has 1 aromatic carbocycles. The zero-order valence-corrected chi connectivity index (χ0v) is 6.32. The van der Waals surface area contributed by atoms with Gasteiger partial charge in [0.1, 0.15) is 13.7 Å². The van der Waals surface area contributed by atoms with Crippen LogP contribution in [0.1, 0.15) is 12.5 Å². The van der Waals surface area contributed by atoms with Gasteiger partial charge in [0, 0.05) is 0 Å². The maximum absolute atomic E-state index is 12.5. The van der Waals surface area contributed by atoms with Crippen molar-refractivity contribution in [1.82, 2.24) is 0 Å². The molecule has 0 aliphatic heterocycles. The summed E-state index contributed by atoms with van der Waals surface area (Å²) < 4.78 is 12.5. The summed E-state index contributed by atoms with van der Waals surface area (Å²) in [6.07, 6.45) is 0.906. The summed E-state index contributed by atoms with van der Waals surface area (Å²) in [4.78, 5) is 0. The fourth-order valence-corrected chi connectivity index (χ4v) is 1.02. The Kier molecular flexibility index (Phi) is 2.10. The zero-order chi connectivity index (χ0) is 7.56. The van der Waals surface area contributed by atoms with Crippen molar-refractivity contribution >= 4 is 13.3 Å². The van der Waals surface area contributed by atoms with Gasteiger partial charge in [-0.15, -0.1) is 0 Å². The van der Waals surface area contributed by atoms with Crippen LogP contribution in [-0.4, -0.2) is 7.85 Å². The third-order valence-corrected chi connectivity index (χ3v) is 1.69. The first kappa shape index (κ1) is 7.32. The molecule has 0 spiro atoms. The molecule has 52 valence electrons. The van der Waals surface area contributed by atoms with Crippen LogP contribution in [0.15, 0.2) is 18.2 Å². The maximum Gasteiger partial charge on any atom is 0.139 e. The van der Waals surface area contributed by atoms with E-state index in [-0.39, 0.29) is 5.82 Å². The van der Waals surface area contributed by atoms with E-state index < -0.39 is 0 Å². The molecule has 0 N–H and O–H groups in total. The van der Waals surface area contributed by atoms with E-state index in [2.05, 4.69) is 0 Å². The lowest BCUT2D eigenvalue weighted by Gasteiger charge is -2.00. The van der Waals surface area contributed by atoms with Crippen LogP contribution in [0.2, 0.25) is 0 Å². The summed E-state index contributed by atoms with van der Waals surface area (Å²) in [6.45, 7) is 2.03. The third-order valence-electron chi connectivity index (χ3n) is 1.69. The number of rotatable bonds is 1. The summed E-state index contributed by atoms with van der Waals surface area (Å²) in [5.41, 5.74) is 2.27. The Balaban J connectivity index is 3.09. The Labute approximate surface area is 61.5 Å². The summed E-state index contributed by atoms with van der Waals surface area (Å²) in [5.74, 6) is -0.137. The second-order valence-corrected chi connectivity index (χ2v) is 2.42. The molecule has 0 heterocycles. The number of aryl methyl sites for hydroxylation is 1. The van der Waals surface area contributed by atoms with Gasteiger partial charge in [-0.25, -0.2) is 4.39 Å². The van der Waals surface area contributed by atoms with Crippen LogP contribution >= 0.6 is 0 Å². The van der Waals surface area contributed by atoms with Crippen molar-refractivity contribution in [2.75, 3.05) is 0 Å². The second-order valence-electron chi connectivity index (χ2n) is 2.42. The van der Waals surface area contributed by atoms with Crippen molar-refractivity contribution in [3.63, 3.8) is 0 Å². The first-order valence-corrected chi connectivity index (χ1v) is 3.49. The Morgan fingerprint density at radius 1 is 1.50 bits per heavy atom. The van der Waals surface area contributed by atoms with Crippen LogP contribution in [0.5, 0.6) is 0 Å². The van der Waals surface area contributed by atoms with Gasteiger partial charge in [0.2, 0.25) is 0 Å². The van der Waals surface area contributed by atoms with E-state index in [0.717, 1.165) is 12.0 Å². The highest BCUT2D eigenvalue weighted by Crippen LogP contribution is 2.00. The maximum atomic E-state index is 12.5. The Bertz CT molecular complexity index is 233. The van der Waals surface area contributed by atoms with Gasteiger partial charge in [-0.2, -0.15) is 0 Å². The number of hydrogen-bond acceptors (Lipinski definition) is 0. The van der Waals surface area contributed by atoms with Gasteiger partial charge in [0.25, 0.3) is 0 Å². The molecule has 10 heavy (non-hydrogen) atoms. The van der Waals surface area contributed by atoms with Crippen molar-refractivity contribution in [2.45, 2.75) is 13.3 Å². The topological polar surface area (TPSA) is 0 Å². The van der Waals surface area contributed by atoms with E-state index in [0.29, 0.717) is 0 Å². The standard InChI is InChI=1S/C8H10BF/c1-2-6-5-7(10)3-4-8(6)9/h3-5H,2,9H2,1H3. The Hall–Kier alpha value is -0.785. The number of benzene rings is 1. The van der Waals surface area contributed by atoms with Crippen LogP contribution in [-0.2, 0) is 6.42 Å². The van der Waals surface area contributed by atoms with Gasteiger partial charge >= 0.3 is 0 Å². The highest BCUT2D eigenvalue weighted by Gasteiger charge is 1.95. The van der Waals surface area contributed by atoms with Gasteiger partial charge in [0.05, 0.1) is 0 Å². The van der Waals surface area contributed by atoms with E-state index >= 15 is 0 Å². The van der Waals surface area contributed by atoms with E-state index in [1.54, 1.807) is 6.07 Å². The molecule has 0 aromatic heterocycles. The van der Waals surface area contributed by atoms with Crippen molar-refractivity contribution in [3.05, 3.63) is 29.6 Å². The summed E-state index contributed by atoms with van der Waals surface area (Å²) in [5, 5.41) is 0. The van der Waals surface area contributed by atoms with Gasteiger partial charge in [-0.05, 0) is 18.6 Å². The molecule has 0 radical (unpaired) electrons. The molecule has 0 atom stereocenters. The third kappa shape index (κ3) is 1.38. The SMILES string of the molecule is Bc1ccc(F)cc1CC. The average Bonchev–Trinajstić information content (AvgIpc) is 1.94. The van der Waals surface area contributed by atoms with Crippen LogP contribution in [0.25, 0.3) is 0 Å². The molecule has 0 amide bonds. The Morgan fingerprint density at radius 3 is 2.70 bits per heavy atom. The van der Waals surface area contributed by atoms with Crippen molar-refractivity contribution in [2.24, 2.45) is 0 Å². The van der Waals surface area contributed by atoms with Gasteiger partial charge in [0.15, 0.2) is 0 Å². The molecule has 1 rings (SSSR count). The average molecular weight is 136 g/mol. The molecule has 0 aliphatic rings. The van der Waals surface area contributed by atoms with Gasteiger partial charge < -0.3 is 0 Å². The van der Waals surface area contributed by atoms with Gasteiger partial charge in [-0.3, -0.25) is 0 Å². The molecule has 2 heteroatoms.